The molecule has 1 aliphatic heterocycles. The predicted molar refractivity (Wildman–Crippen MR) is 82.7 cm³/mol. The van der Waals surface area contributed by atoms with Crippen LogP contribution in [0.3, 0.4) is 0 Å². The number of aliphatic hydroxyl groups is 1. The number of carbonyl (C=O) groups excluding carboxylic acids is 1. The number of morpholine rings is 1. The van der Waals surface area contributed by atoms with E-state index in [1.807, 2.05) is 4.72 Å². The minimum atomic E-state index is -4.88. The number of hydrogen-bond acceptors (Lipinski definition) is 7. The first-order valence-electron chi connectivity index (χ1n) is 7.40. The maximum Gasteiger partial charge on any atom is 0.420 e. The number of ether oxygens (including phenoxy) is 1. The van der Waals surface area contributed by atoms with Crippen LogP contribution >= 0.6 is 0 Å². The number of nitrogens with two attached hydrogens (primary N) is 1. The first-order valence-corrected chi connectivity index (χ1v) is 8.88. The molecule has 146 valence electrons. The molecule has 0 bridgehead atoms. The highest BCUT2D eigenvalue weighted by atomic mass is 32.2. The Morgan fingerprint density at radius 3 is 2.77 bits per heavy atom. The number of alkyl halides is 3. The summed E-state index contributed by atoms with van der Waals surface area (Å²) in [5.74, 6) is -1.34. The Labute approximate surface area is 147 Å². The SMILES string of the molecule is NC(=O)C1CN(c2ncc(S(=O)(=O)NCCO)cc2C(F)(F)F)CCO1. The van der Waals surface area contributed by atoms with Crippen molar-refractivity contribution in [3.05, 3.63) is 17.8 Å². The Hall–Kier alpha value is -1.96. The summed E-state index contributed by atoms with van der Waals surface area (Å²) >= 11 is 0. The van der Waals surface area contributed by atoms with Gasteiger partial charge in [0.2, 0.25) is 15.9 Å². The number of hydrogen-bond donors (Lipinski definition) is 3. The molecular formula is C13H17F3N4O5S. The highest BCUT2D eigenvalue weighted by molar-refractivity contribution is 7.89. The Morgan fingerprint density at radius 2 is 2.19 bits per heavy atom. The van der Waals surface area contributed by atoms with Crippen molar-refractivity contribution in [1.82, 2.24) is 9.71 Å². The average Bonchev–Trinajstić information content (AvgIpc) is 2.59. The number of rotatable bonds is 6. The number of nitrogens with one attached hydrogen (secondary N) is 1. The Morgan fingerprint density at radius 1 is 1.50 bits per heavy atom. The number of halogens is 3. The summed E-state index contributed by atoms with van der Waals surface area (Å²) in [6.45, 7) is -1.12. The number of carbonyl (C=O) groups is 1. The molecule has 1 aromatic rings. The molecule has 0 spiro atoms. The van der Waals surface area contributed by atoms with Crippen molar-refractivity contribution in [2.75, 3.05) is 37.7 Å². The normalized spacial score (nSPS) is 18.8. The van der Waals surface area contributed by atoms with E-state index in [9.17, 15) is 26.4 Å². The molecule has 0 aromatic carbocycles. The summed E-state index contributed by atoms with van der Waals surface area (Å²) in [4.78, 5) is 15.3. The van der Waals surface area contributed by atoms with Gasteiger partial charge in [0, 0.05) is 19.3 Å². The zero-order valence-corrected chi connectivity index (χ0v) is 14.2. The third-order valence-electron chi connectivity index (χ3n) is 3.54. The topological polar surface area (TPSA) is 135 Å². The van der Waals surface area contributed by atoms with Gasteiger partial charge in [-0.15, -0.1) is 0 Å². The third kappa shape index (κ3) is 4.60. The maximum absolute atomic E-state index is 13.4. The first-order chi connectivity index (χ1) is 12.1. The lowest BCUT2D eigenvalue weighted by Gasteiger charge is -2.33. The smallest absolute Gasteiger partial charge is 0.395 e. The number of anilines is 1. The molecule has 1 aliphatic rings. The van der Waals surface area contributed by atoms with Crippen LogP contribution in [0.25, 0.3) is 0 Å². The van der Waals surface area contributed by atoms with Gasteiger partial charge in [0.25, 0.3) is 0 Å². The van der Waals surface area contributed by atoms with E-state index in [0.29, 0.717) is 6.07 Å². The second-order valence-corrected chi connectivity index (χ2v) is 7.14. The van der Waals surface area contributed by atoms with Gasteiger partial charge < -0.3 is 20.5 Å². The number of sulfonamides is 1. The van der Waals surface area contributed by atoms with Gasteiger partial charge in [-0.05, 0) is 6.07 Å². The van der Waals surface area contributed by atoms with E-state index in [0.717, 1.165) is 6.20 Å². The molecule has 1 aromatic heterocycles. The van der Waals surface area contributed by atoms with E-state index in [1.54, 1.807) is 0 Å². The number of amides is 1. The van der Waals surface area contributed by atoms with Gasteiger partial charge in [0.1, 0.15) is 10.7 Å². The monoisotopic (exact) mass is 398 g/mol. The Kier molecular flexibility index (Phi) is 6.05. The largest absolute Gasteiger partial charge is 0.420 e. The van der Waals surface area contributed by atoms with Crippen LogP contribution in [-0.2, 0) is 25.7 Å². The van der Waals surface area contributed by atoms with Gasteiger partial charge in [0.15, 0.2) is 6.10 Å². The highest BCUT2D eigenvalue weighted by Gasteiger charge is 2.39. The third-order valence-corrected chi connectivity index (χ3v) is 4.97. The van der Waals surface area contributed by atoms with Crippen molar-refractivity contribution in [1.29, 1.82) is 0 Å². The zero-order chi connectivity index (χ0) is 19.5. The van der Waals surface area contributed by atoms with Crippen LogP contribution in [0.2, 0.25) is 0 Å². The fourth-order valence-electron chi connectivity index (χ4n) is 2.32. The van der Waals surface area contributed by atoms with Gasteiger partial charge in [-0.1, -0.05) is 0 Å². The fraction of sp³-hybridized carbons (Fsp3) is 0.538. The lowest BCUT2D eigenvalue weighted by molar-refractivity contribution is -0.137. The second kappa shape index (κ2) is 7.73. The zero-order valence-electron chi connectivity index (χ0n) is 13.4. The molecule has 1 amide bonds. The van der Waals surface area contributed by atoms with E-state index < -0.39 is 51.1 Å². The molecule has 1 fully saturated rings. The molecule has 0 saturated carbocycles. The van der Waals surface area contributed by atoms with E-state index in [1.165, 1.54) is 4.90 Å². The summed E-state index contributed by atoms with van der Waals surface area (Å²) in [7, 11) is -4.27. The molecule has 1 saturated heterocycles. The van der Waals surface area contributed by atoms with Crippen molar-refractivity contribution in [3.8, 4) is 0 Å². The van der Waals surface area contributed by atoms with Crippen LogP contribution in [0.15, 0.2) is 17.2 Å². The van der Waals surface area contributed by atoms with Crippen LogP contribution in [0.1, 0.15) is 5.56 Å². The van der Waals surface area contributed by atoms with Crippen molar-refractivity contribution in [2.24, 2.45) is 5.73 Å². The lowest BCUT2D eigenvalue weighted by Crippen LogP contribution is -2.49. The van der Waals surface area contributed by atoms with Crippen LogP contribution in [-0.4, -0.2) is 63.4 Å². The molecule has 2 rings (SSSR count). The van der Waals surface area contributed by atoms with Gasteiger partial charge >= 0.3 is 6.18 Å². The maximum atomic E-state index is 13.4. The van der Waals surface area contributed by atoms with Crippen molar-refractivity contribution >= 4 is 21.7 Å². The van der Waals surface area contributed by atoms with Gasteiger partial charge in [-0.3, -0.25) is 4.79 Å². The summed E-state index contributed by atoms with van der Waals surface area (Å²) in [5, 5.41) is 8.67. The average molecular weight is 398 g/mol. The molecule has 0 aliphatic carbocycles. The summed E-state index contributed by atoms with van der Waals surface area (Å²) in [6.07, 6.45) is -5.20. The van der Waals surface area contributed by atoms with Gasteiger partial charge in [-0.25, -0.2) is 18.1 Å². The Bertz CT molecular complexity index is 772. The number of nitrogens with zero attached hydrogens (tertiary/aromatic N) is 2. The quantitative estimate of drug-likeness (QED) is 0.563. The number of pyridine rings is 1. The summed E-state index contributed by atoms with van der Waals surface area (Å²) < 4.78 is 71.3. The standard InChI is InChI=1S/C13H17F3N4O5S/c14-13(15,16)9-5-8(26(23,24)19-1-3-21)6-18-12(9)20-2-4-25-10(7-20)11(17)22/h5-6,10,19,21H,1-4,7H2,(H2,17,22). The Balaban J connectivity index is 2.43. The van der Waals surface area contributed by atoms with E-state index in [-0.39, 0.29) is 26.2 Å². The molecule has 0 radical (unpaired) electrons. The molecule has 13 heteroatoms. The van der Waals surface area contributed by atoms with Gasteiger partial charge in [-0.2, -0.15) is 13.2 Å². The van der Waals surface area contributed by atoms with Crippen LogP contribution in [0.4, 0.5) is 19.0 Å². The van der Waals surface area contributed by atoms with Crippen molar-refractivity contribution in [3.63, 3.8) is 0 Å². The molecule has 4 N–H and O–H groups in total. The summed E-state index contributed by atoms with van der Waals surface area (Å²) in [6, 6.07) is 0.455. The number of aliphatic hydroxyl groups excluding tert-OH is 1. The number of aromatic nitrogens is 1. The van der Waals surface area contributed by atoms with Crippen molar-refractivity contribution in [2.45, 2.75) is 17.2 Å². The van der Waals surface area contributed by atoms with Crippen molar-refractivity contribution < 1.29 is 36.2 Å². The highest BCUT2D eigenvalue weighted by Crippen LogP contribution is 2.37. The van der Waals surface area contributed by atoms with E-state index in [4.69, 9.17) is 15.6 Å². The molecule has 2 heterocycles. The minimum absolute atomic E-state index is 0.0225. The van der Waals surface area contributed by atoms with E-state index >= 15 is 0 Å². The van der Waals surface area contributed by atoms with Crippen LogP contribution < -0.4 is 15.4 Å². The molecule has 9 nitrogen and oxygen atoms in total. The second-order valence-electron chi connectivity index (χ2n) is 5.37. The number of primary amides is 1. The predicted octanol–water partition coefficient (Wildman–Crippen LogP) is -0.938. The molecule has 1 atom stereocenters. The van der Waals surface area contributed by atoms with Gasteiger partial charge in [0.05, 0.1) is 25.3 Å². The van der Waals surface area contributed by atoms with Crippen LogP contribution in [0, 0.1) is 0 Å². The van der Waals surface area contributed by atoms with E-state index in [2.05, 4.69) is 4.98 Å². The summed E-state index contributed by atoms with van der Waals surface area (Å²) in [5.41, 5.74) is 3.85. The first kappa shape index (κ1) is 20.4. The lowest BCUT2D eigenvalue weighted by atomic mass is 10.2. The molecule has 1 unspecified atom stereocenters. The molecular weight excluding hydrogens is 381 g/mol. The van der Waals surface area contributed by atoms with Crippen LogP contribution in [0.5, 0.6) is 0 Å². The minimum Gasteiger partial charge on any atom is -0.395 e. The fourth-order valence-corrected chi connectivity index (χ4v) is 3.31. The molecule has 26 heavy (non-hydrogen) atoms.